The fraction of sp³-hybridized carbons (Fsp3) is 0.0667. The van der Waals surface area contributed by atoms with E-state index in [0.29, 0.717) is 10.7 Å². The molecule has 0 radical (unpaired) electrons. The van der Waals surface area contributed by atoms with E-state index in [1.165, 1.54) is 28.8 Å². The van der Waals surface area contributed by atoms with Crippen molar-refractivity contribution in [1.82, 2.24) is 9.38 Å². The van der Waals surface area contributed by atoms with E-state index in [1.807, 2.05) is 0 Å². The molecule has 5 nitrogen and oxygen atoms in total. The first-order valence-electron chi connectivity index (χ1n) is 6.62. The lowest BCUT2D eigenvalue weighted by molar-refractivity contribution is -0.274. The minimum atomic E-state index is -4.75. The number of aromatic nitrogens is 2. The van der Waals surface area contributed by atoms with E-state index in [1.54, 1.807) is 12.1 Å². The molecule has 0 amide bonds. The molecule has 0 aliphatic heterocycles. The molecule has 0 bridgehead atoms. The summed E-state index contributed by atoms with van der Waals surface area (Å²) in [5.41, 5.74) is 0.362. The maximum absolute atomic E-state index is 12.1. The molecule has 1 aromatic carbocycles. The van der Waals surface area contributed by atoms with Gasteiger partial charge in [-0.3, -0.25) is 9.20 Å². The molecule has 0 spiro atoms. The number of alkyl halides is 3. The lowest BCUT2D eigenvalue weighted by Crippen LogP contribution is -2.17. The monoisotopic (exact) mass is 355 g/mol. The van der Waals surface area contributed by atoms with Gasteiger partial charge in [0.25, 0.3) is 5.56 Å². The number of fused-ring (bicyclic) bond motifs is 1. The maximum Gasteiger partial charge on any atom is 0.573 e. The van der Waals surface area contributed by atoms with Gasteiger partial charge in [0.1, 0.15) is 11.6 Å². The Hall–Kier alpha value is -2.74. The van der Waals surface area contributed by atoms with Crippen LogP contribution in [0.5, 0.6) is 5.75 Å². The van der Waals surface area contributed by atoms with Crippen molar-refractivity contribution < 1.29 is 17.9 Å². The van der Waals surface area contributed by atoms with Crippen molar-refractivity contribution in [3.05, 3.63) is 64.0 Å². The Labute approximate surface area is 138 Å². The number of ether oxygens (including phenoxy) is 1. The molecule has 9 heteroatoms. The highest BCUT2D eigenvalue weighted by Gasteiger charge is 2.30. The third-order valence-corrected chi connectivity index (χ3v) is 3.30. The summed E-state index contributed by atoms with van der Waals surface area (Å²) < 4.78 is 41.4. The van der Waals surface area contributed by atoms with Crippen LogP contribution in [0.2, 0.25) is 5.02 Å². The van der Waals surface area contributed by atoms with Crippen LogP contribution < -0.4 is 15.6 Å². The summed E-state index contributed by atoms with van der Waals surface area (Å²) in [6.07, 6.45) is -3.22. The average Bonchev–Trinajstić information content (AvgIpc) is 2.49. The van der Waals surface area contributed by atoms with Gasteiger partial charge >= 0.3 is 6.36 Å². The zero-order valence-corrected chi connectivity index (χ0v) is 12.6. The predicted molar refractivity (Wildman–Crippen MR) is 82.9 cm³/mol. The largest absolute Gasteiger partial charge is 0.573 e. The standard InChI is InChI=1S/C15H9ClF3N3O2/c16-11-2-1-7-22-13(23)8-12(21-14(11)22)20-9-3-5-10(6-4-9)24-15(17,18)19/h1-8,20H. The van der Waals surface area contributed by atoms with E-state index in [-0.39, 0.29) is 22.8 Å². The second-order valence-electron chi connectivity index (χ2n) is 4.73. The van der Waals surface area contributed by atoms with E-state index >= 15 is 0 Å². The summed E-state index contributed by atoms with van der Waals surface area (Å²) in [5, 5.41) is 3.13. The van der Waals surface area contributed by atoms with Gasteiger partial charge in [-0.1, -0.05) is 11.6 Å². The van der Waals surface area contributed by atoms with Crippen molar-refractivity contribution in [3.63, 3.8) is 0 Å². The molecule has 3 rings (SSSR count). The molecule has 1 N–H and O–H groups in total. The first kappa shape index (κ1) is 16.1. The van der Waals surface area contributed by atoms with Gasteiger partial charge in [-0.05, 0) is 36.4 Å². The second kappa shape index (κ2) is 6.04. The molecule has 0 fully saturated rings. The summed E-state index contributed by atoms with van der Waals surface area (Å²) in [6.45, 7) is 0. The highest BCUT2D eigenvalue weighted by atomic mass is 35.5. The topological polar surface area (TPSA) is 55.6 Å². The third kappa shape index (κ3) is 3.60. The predicted octanol–water partition coefficient (Wildman–Crippen LogP) is 3.99. The van der Waals surface area contributed by atoms with Gasteiger partial charge in [0.2, 0.25) is 0 Å². The molecule has 0 atom stereocenters. The molecule has 2 heterocycles. The lowest BCUT2D eigenvalue weighted by Gasteiger charge is -2.10. The van der Waals surface area contributed by atoms with Crippen LogP contribution in [0, 0.1) is 0 Å². The van der Waals surface area contributed by atoms with Crippen LogP contribution >= 0.6 is 11.6 Å². The van der Waals surface area contributed by atoms with Gasteiger partial charge in [-0.15, -0.1) is 13.2 Å². The Balaban J connectivity index is 1.87. The summed E-state index contributed by atoms with van der Waals surface area (Å²) in [7, 11) is 0. The number of anilines is 2. The maximum atomic E-state index is 12.1. The number of rotatable bonds is 3. The first-order chi connectivity index (χ1) is 11.3. The van der Waals surface area contributed by atoms with E-state index in [2.05, 4.69) is 15.0 Å². The van der Waals surface area contributed by atoms with Gasteiger partial charge < -0.3 is 10.1 Å². The normalized spacial score (nSPS) is 11.5. The molecule has 0 aliphatic rings. The highest BCUT2D eigenvalue weighted by Crippen LogP contribution is 2.25. The van der Waals surface area contributed by atoms with Crippen LogP contribution in [-0.2, 0) is 0 Å². The summed E-state index contributed by atoms with van der Waals surface area (Å²) in [5.74, 6) is -0.125. The molecular formula is C15H9ClF3N3O2. The van der Waals surface area contributed by atoms with Crippen molar-refractivity contribution in [1.29, 1.82) is 0 Å². The molecule has 3 aromatic rings. The number of hydrogen-bond donors (Lipinski definition) is 1. The van der Waals surface area contributed by atoms with E-state index in [4.69, 9.17) is 11.6 Å². The minimum absolute atomic E-state index is 0.220. The van der Waals surface area contributed by atoms with E-state index < -0.39 is 6.36 Å². The number of benzene rings is 1. The SMILES string of the molecule is O=c1cc(Nc2ccc(OC(F)(F)F)cc2)nc2c(Cl)cccn12. The zero-order chi connectivity index (χ0) is 17.3. The molecule has 0 saturated carbocycles. The summed E-state index contributed by atoms with van der Waals surface area (Å²) >= 11 is 6.01. The molecule has 2 aromatic heterocycles. The molecular weight excluding hydrogens is 347 g/mol. The Kier molecular flexibility index (Phi) is 4.06. The number of hydrogen-bond acceptors (Lipinski definition) is 4. The van der Waals surface area contributed by atoms with Crippen LogP contribution in [0.4, 0.5) is 24.7 Å². The summed E-state index contributed by atoms with van der Waals surface area (Å²) in [4.78, 5) is 16.3. The Morgan fingerprint density at radius 2 is 1.88 bits per heavy atom. The van der Waals surface area contributed by atoms with Crippen molar-refractivity contribution in [3.8, 4) is 5.75 Å². The third-order valence-electron chi connectivity index (χ3n) is 3.00. The average molecular weight is 356 g/mol. The van der Waals surface area contributed by atoms with Gasteiger partial charge in [0.15, 0.2) is 5.65 Å². The molecule has 0 unspecified atom stereocenters. The molecule has 124 valence electrons. The van der Waals surface area contributed by atoms with Crippen molar-refractivity contribution in [2.24, 2.45) is 0 Å². The van der Waals surface area contributed by atoms with E-state index in [0.717, 1.165) is 12.1 Å². The lowest BCUT2D eigenvalue weighted by atomic mass is 10.3. The van der Waals surface area contributed by atoms with Crippen molar-refractivity contribution >= 4 is 28.8 Å². The van der Waals surface area contributed by atoms with Gasteiger partial charge in [0.05, 0.1) is 5.02 Å². The number of pyridine rings is 1. The van der Waals surface area contributed by atoms with E-state index in [9.17, 15) is 18.0 Å². The van der Waals surface area contributed by atoms with Crippen LogP contribution in [0.25, 0.3) is 5.65 Å². The minimum Gasteiger partial charge on any atom is -0.406 e. The zero-order valence-electron chi connectivity index (χ0n) is 11.8. The van der Waals surface area contributed by atoms with Crippen LogP contribution in [0.1, 0.15) is 0 Å². The molecule has 24 heavy (non-hydrogen) atoms. The fourth-order valence-corrected chi connectivity index (χ4v) is 2.25. The Morgan fingerprint density at radius 1 is 1.17 bits per heavy atom. The van der Waals surface area contributed by atoms with Gasteiger partial charge in [-0.25, -0.2) is 4.98 Å². The number of nitrogens with one attached hydrogen (secondary N) is 1. The Bertz CT molecular complexity index is 939. The Morgan fingerprint density at radius 3 is 2.54 bits per heavy atom. The van der Waals surface area contributed by atoms with Crippen LogP contribution in [0.15, 0.2) is 53.5 Å². The number of nitrogens with zero attached hydrogens (tertiary/aromatic N) is 2. The smallest absolute Gasteiger partial charge is 0.406 e. The molecule has 0 aliphatic carbocycles. The second-order valence-corrected chi connectivity index (χ2v) is 5.13. The highest BCUT2D eigenvalue weighted by molar-refractivity contribution is 6.33. The van der Waals surface area contributed by atoms with Crippen LogP contribution in [-0.4, -0.2) is 15.7 Å². The first-order valence-corrected chi connectivity index (χ1v) is 7.00. The summed E-state index contributed by atoms with van der Waals surface area (Å²) in [6, 6.07) is 9.51. The van der Waals surface area contributed by atoms with Crippen LogP contribution in [0.3, 0.4) is 0 Å². The van der Waals surface area contributed by atoms with Gasteiger partial charge in [0, 0.05) is 18.0 Å². The molecule has 0 saturated heterocycles. The fourth-order valence-electron chi connectivity index (χ4n) is 2.04. The van der Waals surface area contributed by atoms with Crippen molar-refractivity contribution in [2.45, 2.75) is 6.36 Å². The quantitative estimate of drug-likeness (QED) is 0.772. The van der Waals surface area contributed by atoms with Gasteiger partial charge in [-0.2, -0.15) is 0 Å². The number of halogens is 4. The van der Waals surface area contributed by atoms with Crippen molar-refractivity contribution in [2.75, 3.05) is 5.32 Å².